The number of piperidine rings is 1. The molecule has 6 nitrogen and oxygen atoms in total. The fourth-order valence-electron chi connectivity index (χ4n) is 3.22. The van der Waals surface area contributed by atoms with Gasteiger partial charge in [-0.2, -0.15) is 0 Å². The van der Waals surface area contributed by atoms with E-state index in [1.807, 2.05) is 9.80 Å². The molecule has 2 unspecified atom stereocenters. The lowest BCUT2D eigenvalue weighted by Gasteiger charge is -2.38. The fraction of sp³-hybridized carbons (Fsp3) is 0.867. The number of rotatable bonds is 4. The summed E-state index contributed by atoms with van der Waals surface area (Å²) >= 11 is 0. The molecular formula is C15H27N3O3. The molecule has 6 heteroatoms. The average Bonchev–Trinajstić information content (AvgIpc) is 2.47. The molecule has 0 aromatic rings. The minimum absolute atomic E-state index is 0.224. The molecule has 2 saturated heterocycles. The number of carbonyl (C=O) groups excluding carboxylic acids is 1. The van der Waals surface area contributed by atoms with Crippen LogP contribution in [0.5, 0.6) is 0 Å². The quantitative estimate of drug-likeness (QED) is 0.817. The summed E-state index contributed by atoms with van der Waals surface area (Å²) in [6.45, 7) is 8.18. The Kier molecular flexibility index (Phi) is 5.58. The monoisotopic (exact) mass is 297 g/mol. The third kappa shape index (κ3) is 4.17. The first kappa shape index (κ1) is 16.2. The summed E-state index contributed by atoms with van der Waals surface area (Å²) in [5.74, 6) is -0.552. The molecule has 0 saturated carbocycles. The maximum atomic E-state index is 12.4. The first-order valence-electron chi connectivity index (χ1n) is 7.97. The van der Waals surface area contributed by atoms with E-state index in [1.165, 1.54) is 6.42 Å². The molecule has 2 aliphatic heterocycles. The van der Waals surface area contributed by atoms with Gasteiger partial charge in [0.05, 0.1) is 6.54 Å². The van der Waals surface area contributed by atoms with Gasteiger partial charge in [0.1, 0.15) is 6.04 Å². The van der Waals surface area contributed by atoms with Crippen molar-refractivity contribution in [1.82, 2.24) is 14.7 Å². The van der Waals surface area contributed by atoms with Gasteiger partial charge in [0, 0.05) is 38.8 Å². The largest absolute Gasteiger partial charge is 0.480 e. The zero-order chi connectivity index (χ0) is 15.4. The van der Waals surface area contributed by atoms with Crippen molar-refractivity contribution in [2.24, 2.45) is 0 Å². The molecule has 0 aromatic carbocycles. The van der Waals surface area contributed by atoms with E-state index in [2.05, 4.69) is 11.8 Å². The molecule has 2 atom stereocenters. The Morgan fingerprint density at radius 2 is 1.81 bits per heavy atom. The summed E-state index contributed by atoms with van der Waals surface area (Å²) in [6.07, 6.45) is 3.44. The van der Waals surface area contributed by atoms with E-state index in [0.717, 1.165) is 45.6 Å². The molecule has 21 heavy (non-hydrogen) atoms. The number of carbonyl (C=O) groups is 2. The zero-order valence-corrected chi connectivity index (χ0v) is 13.1. The maximum Gasteiger partial charge on any atom is 0.320 e. The summed E-state index contributed by atoms with van der Waals surface area (Å²) < 4.78 is 0. The molecule has 2 rings (SSSR count). The topological polar surface area (TPSA) is 64.1 Å². The Morgan fingerprint density at radius 3 is 2.38 bits per heavy atom. The van der Waals surface area contributed by atoms with Crippen LogP contribution < -0.4 is 0 Å². The highest BCUT2D eigenvalue weighted by Gasteiger charge is 2.28. The van der Waals surface area contributed by atoms with Crippen LogP contribution in [-0.2, 0) is 9.59 Å². The first-order chi connectivity index (χ1) is 9.99. The van der Waals surface area contributed by atoms with Crippen LogP contribution in [0.25, 0.3) is 0 Å². The van der Waals surface area contributed by atoms with E-state index in [-0.39, 0.29) is 5.91 Å². The average molecular weight is 297 g/mol. The van der Waals surface area contributed by atoms with Crippen molar-refractivity contribution in [2.75, 3.05) is 39.3 Å². The summed E-state index contributed by atoms with van der Waals surface area (Å²) in [5.41, 5.74) is 0. The van der Waals surface area contributed by atoms with Crippen LogP contribution in [0, 0.1) is 0 Å². The van der Waals surface area contributed by atoms with Crippen LogP contribution in [0.2, 0.25) is 0 Å². The molecule has 0 spiro atoms. The number of hydrogen-bond donors (Lipinski definition) is 1. The minimum Gasteiger partial charge on any atom is -0.480 e. The lowest BCUT2D eigenvalue weighted by atomic mass is 10.0. The van der Waals surface area contributed by atoms with Gasteiger partial charge in [-0.25, -0.2) is 0 Å². The van der Waals surface area contributed by atoms with Gasteiger partial charge in [-0.05, 0) is 33.1 Å². The number of aliphatic carboxylic acids is 1. The lowest BCUT2D eigenvalue weighted by molar-refractivity contribution is -0.144. The van der Waals surface area contributed by atoms with Gasteiger partial charge >= 0.3 is 5.97 Å². The molecule has 120 valence electrons. The third-order valence-electron chi connectivity index (χ3n) is 4.79. The fourth-order valence-corrected chi connectivity index (χ4v) is 3.22. The van der Waals surface area contributed by atoms with Gasteiger partial charge in [0.25, 0.3) is 0 Å². The highest BCUT2D eigenvalue weighted by Crippen LogP contribution is 2.17. The zero-order valence-electron chi connectivity index (χ0n) is 13.1. The first-order valence-corrected chi connectivity index (χ1v) is 7.97. The van der Waals surface area contributed by atoms with E-state index in [0.29, 0.717) is 12.6 Å². The summed E-state index contributed by atoms with van der Waals surface area (Å²) in [5, 5.41) is 9.03. The molecular weight excluding hydrogens is 270 g/mol. The van der Waals surface area contributed by atoms with Crippen molar-refractivity contribution in [2.45, 2.75) is 45.2 Å². The predicted molar refractivity (Wildman–Crippen MR) is 80.1 cm³/mol. The molecule has 1 N–H and O–H groups in total. The van der Waals surface area contributed by atoms with E-state index in [4.69, 9.17) is 5.11 Å². The Labute approximate surface area is 126 Å². The van der Waals surface area contributed by atoms with Crippen molar-refractivity contribution < 1.29 is 14.7 Å². The smallest absolute Gasteiger partial charge is 0.320 e. The van der Waals surface area contributed by atoms with Crippen LogP contribution in [0.1, 0.15) is 33.1 Å². The van der Waals surface area contributed by atoms with Gasteiger partial charge in [-0.15, -0.1) is 0 Å². The predicted octanol–water partition coefficient (Wildman–Crippen LogP) is 0.478. The van der Waals surface area contributed by atoms with Gasteiger partial charge < -0.3 is 10.0 Å². The number of carboxylic acid groups (broad SMARTS) is 1. The second kappa shape index (κ2) is 7.22. The number of carboxylic acids is 1. The lowest BCUT2D eigenvalue weighted by Crippen LogP contribution is -2.54. The van der Waals surface area contributed by atoms with Gasteiger partial charge in [0.2, 0.25) is 5.91 Å². The van der Waals surface area contributed by atoms with E-state index >= 15 is 0 Å². The second-order valence-corrected chi connectivity index (χ2v) is 6.26. The highest BCUT2D eigenvalue weighted by atomic mass is 16.4. The number of amides is 1. The molecule has 0 aromatic heterocycles. The second-order valence-electron chi connectivity index (χ2n) is 6.26. The van der Waals surface area contributed by atoms with E-state index in [9.17, 15) is 9.59 Å². The van der Waals surface area contributed by atoms with Gasteiger partial charge in [-0.1, -0.05) is 0 Å². The van der Waals surface area contributed by atoms with Crippen molar-refractivity contribution >= 4 is 11.9 Å². The number of piperazine rings is 1. The summed E-state index contributed by atoms with van der Waals surface area (Å²) in [4.78, 5) is 29.5. The van der Waals surface area contributed by atoms with Crippen LogP contribution in [0.15, 0.2) is 0 Å². The Balaban J connectivity index is 1.78. The number of hydrogen-bond acceptors (Lipinski definition) is 4. The highest BCUT2D eigenvalue weighted by molar-refractivity contribution is 5.78. The van der Waals surface area contributed by atoms with Crippen molar-refractivity contribution in [1.29, 1.82) is 0 Å². The SMILES string of the molecule is CC(C(=O)O)N1CCN(CC(=O)N2CCCCC2C)CC1. The summed E-state index contributed by atoms with van der Waals surface area (Å²) in [7, 11) is 0. The Hall–Kier alpha value is -1.14. The number of nitrogens with zero attached hydrogens (tertiary/aromatic N) is 3. The molecule has 1 amide bonds. The molecule has 2 heterocycles. The molecule has 0 bridgehead atoms. The van der Waals surface area contributed by atoms with Gasteiger partial charge in [-0.3, -0.25) is 19.4 Å². The third-order valence-corrected chi connectivity index (χ3v) is 4.79. The van der Waals surface area contributed by atoms with Crippen LogP contribution >= 0.6 is 0 Å². The van der Waals surface area contributed by atoms with E-state index in [1.54, 1.807) is 6.92 Å². The maximum absolute atomic E-state index is 12.4. The Morgan fingerprint density at radius 1 is 1.14 bits per heavy atom. The molecule has 0 aliphatic carbocycles. The van der Waals surface area contributed by atoms with Crippen molar-refractivity contribution in [3.05, 3.63) is 0 Å². The summed E-state index contributed by atoms with van der Waals surface area (Å²) in [6, 6.07) is -0.0791. The van der Waals surface area contributed by atoms with Crippen LogP contribution in [0.4, 0.5) is 0 Å². The Bertz CT molecular complexity index is 380. The van der Waals surface area contributed by atoms with Gasteiger partial charge in [0.15, 0.2) is 0 Å². The van der Waals surface area contributed by atoms with Crippen LogP contribution in [0.3, 0.4) is 0 Å². The van der Waals surface area contributed by atoms with Crippen molar-refractivity contribution in [3.63, 3.8) is 0 Å². The van der Waals surface area contributed by atoms with E-state index < -0.39 is 12.0 Å². The van der Waals surface area contributed by atoms with Crippen LogP contribution in [-0.4, -0.2) is 83.0 Å². The standard InChI is InChI=1S/C15H27N3O3/c1-12-5-3-4-6-18(12)14(19)11-16-7-9-17(10-8-16)13(2)15(20)21/h12-13H,3-11H2,1-2H3,(H,20,21). The molecule has 2 aliphatic rings. The minimum atomic E-state index is -0.776. The number of likely N-dealkylation sites (tertiary alicyclic amines) is 1. The van der Waals surface area contributed by atoms with Crippen molar-refractivity contribution in [3.8, 4) is 0 Å². The molecule has 0 radical (unpaired) electrons. The molecule has 2 fully saturated rings. The normalized spacial score (nSPS) is 26.6.